The SMILES string of the molecule is c1ccc(-c2cc(-c3ccccc3)nc(-c3ccc(-c4ccc5sc6sc7c8ccccc8n(-c8ccccc8)c7c6c5c4)cc3)n2)cc1.c1ccc(-c2nc(-c3ccccc3)nc(-c3ccc(-c4ccc5c(c4)c4sc6sc7ccccc7c6c4n5-c4ccccc4)cc3)n2)cc1.c1ccc(-c2nc(-c3ccccc3)nc(-c3ccc(-n4c5ccccc5c5sc6sc7ccccc7c6c54)cc3)n2)cc1. The summed E-state index contributed by atoms with van der Waals surface area (Å²) >= 11 is 11.4. The van der Waals surface area contributed by atoms with E-state index in [-0.39, 0.29) is 0 Å². The van der Waals surface area contributed by atoms with E-state index in [0.29, 0.717) is 34.9 Å². The number of fused-ring (bicyclic) bond motifs is 21. The summed E-state index contributed by atoms with van der Waals surface area (Å²) in [6, 6.07) is 159. The molecule has 0 N–H and O–H groups in total. The molecule has 0 saturated carbocycles. The minimum Gasteiger partial charge on any atom is -0.308 e. The highest BCUT2D eigenvalue weighted by molar-refractivity contribution is 7.46. The summed E-state index contributed by atoms with van der Waals surface area (Å²) < 4.78 is 19.4. The molecule has 17 aromatic carbocycles. The second-order valence-electron chi connectivity index (χ2n) is 34.8. The molecule has 0 bridgehead atoms. The Kier molecular flexibility index (Phi) is 20.8. The summed E-state index contributed by atoms with van der Waals surface area (Å²) in [5.74, 6) is 4.68. The van der Waals surface area contributed by atoms with Crippen molar-refractivity contribution in [1.82, 2.24) is 53.6 Å². The summed E-state index contributed by atoms with van der Waals surface area (Å²) in [6.45, 7) is 0. The van der Waals surface area contributed by atoms with Crippen molar-refractivity contribution in [1.29, 1.82) is 0 Å². The molecule has 141 heavy (non-hydrogen) atoms. The van der Waals surface area contributed by atoms with Gasteiger partial charge in [0.1, 0.15) is 0 Å². The summed E-state index contributed by atoms with van der Waals surface area (Å²) in [6.07, 6.45) is 0. The van der Waals surface area contributed by atoms with Crippen LogP contribution in [0.3, 0.4) is 0 Å². The second kappa shape index (κ2) is 35.2. The molecule has 0 saturated heterocycles. The first-order chi connectivity index (χ1) is 69.9. The maximum atomic E-state index is 5.03. The lowest BCUT2D eigenvalue weighted by Crippen LogP contribution is -2.00. The predicted molar refractivity (Wildman–Crippen MR) is 597 cm³/mol. The van der Waals surface area contributed by atoms with Crippen LogP contribution >= 0.6 is 68.0 Å². The largest absolute Gasteiger partial charge is 0.308 e. The van der Waals surface area contributed by atoms with Crippen LogP contribution in [0.4, 0.5) is 0 Å². The van der Waals surface area contributed by atoms with Crippen molar-refractivity contribution >= 4 is 190 Å². The van der Waals surface area contributed by atoms with Gasteiger partial charge < -0.3 is 13.7 Å². The Balaban J connectivity index is 0.000000106. The van der Waals surface area contributed by atoms with Crippen LogP contribution in [0.25, 0.3) is 263 Å². The molecule has 0 spiro atoms. The smallest absolute Gasteiger partial charge is 0.164 e. The zero-order valence-corrected chi connectivity index (χ0v) is 80.1. The molecule has 29 aromatic rings. The first kappa shape index (κ1) is 83.4. The van der Waals surface area contributed by atoms with Gasteiger partial charge in [-0.3, -0.25) is 0 Å². The van der Waals surface area contributed by atoms with Gasteiger partial charge in [-0.2, -0.15) is 0 Å². The molecule has 0 aliphatic rings. The Morgan fingerprint density at radius 2 is 0.404 bits per heavy atom. The lowest BCUT2D eigenvalue weighted by atomic mass is 10.0. The quantitative estimate of drug-likeness (QED) is 0.106. The van der Waals surface area contributed by atoms with E-state index in [4.69, 9.17) is 39.9 Å². The Morgan fingerprint density at radius 3 is 0.780 bits per heavy atom. The highest BCUT2D eigenvalue weighted by Gasteiger charge is 2.28. The van der Waals surface area contributed by atoms with Gasteiger partial charge in [-0.1, -0.05) is 352 Å². The molecule has 0 fully saturated rings. The normalized spacial score (nSPS) is 11.7. The Labute approximate surface area is 832 Å². The third-order valence-electron chi connectivity index (χ3n) is 26.3. The molecule has 11 nitrogen and oxygen atoms in total. The van der Waals surface area contributed by atoms with Gasteiger partial charge in [-0.25, -0.2) is 39.9 Å². The van der Waals surface area contributed by atoms with Crippen LogP contribution in [0.2, 0.25) is 0 Å². The average Bonchev–Trinajstić information content (AvgIpc) is 1.55. The monoisotopic (exact) mass is 1910 g/mol. The van der Waals surface area contributed by atoms with E-state index in [0.717, 1.165) is 78.5 Å². The van der Waals surface area contributed by atoms with Crippen molar-refractivity contribution in [3.63, 3.8) is 0 Å². The molecule has 29 rings (SSSR count). The molecule has 12 heterocycles. The highest BCUT2D eigenvalue weighted by Crippen LogP contribution is 2.54. The predicted octanol–water partition coefficient (Wildman–Crippen LogP) is 35.1. The minimum absolute atomic E-state index is 0.655. The number of hydrogen-bond acceptors (Lipinski definition) is 14. The van der Waals surface area contributed by atoms with Crippen LogP contribution in [0.5, 0.6) is 0 Å². The number of aromatic nitrogens is 11. The Morgan fingerprint density at radius 1 is 0.156 bits per heavy atom. The standard InChI is InChI=1S/C44H27N3S2.C43H26N4S2.C37H22N4S2/c1-4-12-29(13-5-1)36-27-37(30-14-6-2-7-15-30)46-43(45-36)31-22-20-28(21-23-31)32-24-25-39-35(26-32)40-41-42(49-44(40)48-39)34-18-10-11-19-38(34)47(41)33-16-8-3-9-17-33;1-4-12-28(13-5-1)40-44-41(29-14-6-2-7-15-29)46-42(45-40)30-22-20-27(21-23-30)31-24-25-35-34(26-31)39-38(47(35)32-16-8-3-9-17-32)37-33-18-10-11-19-36(33)48-43(37)49-39;1-3-11-23(12-4-1)34-38-35(24-13-5-2-6-14-24)40-36(39-34)25-19-21-26(22-20-25)41-29-17-9-7-15-27(29)33-32(41)31-28-16-8-10-18-30(28)42-37(31)43-33/h1-27H;1-26H;1-22H. The lowest BCUT2D eigenvalue weighted by molar-refractivity contribution is 1.07. The van der Waals surface area contributed by atoms with Crippen LogP contribution in [-0.2, 0) is 0 Å². The summed E-state index contributed by atoms with van der Waals surface area (Å²) in [7, 11) is 0. The van der Waals surface area contributed by atoms with Gasteiger partial charge in [-0.05, 0) is 125 Å². The van der Waals surface area contributed by atoms with Crippen molar-refractivity contribution in [2.24, 2.45) is 0 Å². The number of rotatable bonds is 14. The maximum Gasteiger partial charge on any atom is 0.164 e. The molecule has 12 aromatic heterocycles. The number of nitrogens with zero attached hydrogens (tertiary/aromatic N) is 11. The van der Waals surface area contributed by atoms with Crippen LogP contribution in [0.15, 0.2) is 455 Å². The maximum absolute atomic E-state index is 5.03. The fourth-order valence-electron chi connectivity index (χ4n) is 19.6. The zero-order valence-electron chi connectivity index (χ0n) is 75.2. The molecule has 0 radical (unpaired) electrons. The van der Waals surface area contributed by atoms with Crippen molar-refractivity contribution < 1.29 is 0 Å². The molecule has 0 aliphatic carbocycles. The van der Waals surface area contributed by atoms with Crippen LogP contribution in [0.1, 0.15) is 0 Å². The van der Waals surface area contributed by atoms with Crippen molar-refractivity contribution in [3.05, 3.63) is 455 Å². The molecular formula is C124H75N11S6. The number of hydrogen-bond donors (Lipinski definition) is 0. The van der Waals surface area contributed by atoms with Crippen LogP contribution < -0.4 is 0 Å². The second-order valence-corrected chi connectivity index (χ2v) is 41.7. The van der Waals surface area contributed by atoms with Crippen LogP contribution in [0, 0.1) is 0 Å². The summed E-state index contributed by atoms with van der Waals surface area (Å²) in [4.78, 5) is 39.5. The fourth-order valence-corrected chi connectivity index (χ4v) is 27.7. The minimum atomic E-state index is 0.655. The van der Waals surface area contributed by atoms with E-state index in [1.165, 1.54) is 150 Å². The average molecular weight is 1910 g/mol. The summed E-state index contributed by atoms with van der Waals surface area (Å²) in [5.41, 5.74) is 26.4. The van der Waals surface area contributed by atoms with E-state index in [1.54, 1.807) is 0 Å². The van der Waals surface area contributed by atoms with Gasteiger partial charge in [0, 0.05) is 130 Å². The van der Waals surface area contributed by atoms with Gasteiger partial charge in [0.05, 0.1) is 70.6 Å². The first-order valence-corrected chi connectivity index (χ1v) is 51.6. The van der Waals surface area contributed by atoms with Gasteiger partial charge in [0.2, 0.25) is 0 Å². The van der Waals surface area contributed by atoms with Gasteiger partial charge in [0.15, 0.2) is 40.8 Å². The summed E-state index contributed by atoms with van der Waals surface area (Å²) in [5, 5.41) is 11.9. The molecule has 662 valence electrons. The number of para-hydroxylation sites is 4. The van der Waals surface area contributed by atoms with Crippen molar-refractivity contribution in [2.45, 2.75) is 0 Å². The van der Waals surface area contributed by atoms with Gasteiger partial charge >= 0.3 is 0 Å². The molecule has 0 atom stereocenters. The van der Waals surface area contributed by atoms with Gasteiger partial charge in [-0.15, -0.1) is 68.0 Å². The van der Waals surface area contributed by atoms with E-state index in [1.807, 2.05) is 201 Å². The Hall–Kier alpha value is -17.0. The molecule has 0 unspecified atom stereocenters. The topological polar surface area (TPSA) is 118 Å². The third kappa shape index (κ3) is 15.0. The highest BCUT2D eigenvalue weighted by atomic mass is 32.2. The number of thiophene rings is 6. The molecule has 0 aliphatic heterocycles. The molecule has 17 heteroatoms. The first-order valence-electron chi connectivity index (χ1n) is 46.7. The molecule has 0 amide bonds. The zero-order chi connectivity index (χ0) is 93.0. The number of benzene rings is 17. The van der Waals surface area contributed by atoms with Crippen LogP contribution in [-0.4, -0.2) is 53.6 Å². The van der Waals surface area contributed by atoms with E-state index in [9.17, 15) is 0 Å². The van der Waals surface area contributed by atoms with Gasteiger partial charge in [0.25, 0.3) is 0 Å². The van der Waals surface area contributed by atoms with Crippen molar-refractivity contribution in [2.75, 3.05) is 0 Å². The van der Waals surface area contributed by atoms with E-state index < -0.39 is 0 Å². The third-order valence-corrected chi connectivity index (χ3v) is 33.7. The van der Waals surface area contributed by atoms with E-state index >= 15 is 0 Å². The Bertz CT molecular complexity index is 9650. The van der Waals surface area contributed by atoms with Crippen molar-refractivity contribution in [3.8, 4) is 142 Å². The molecular weight excluding hydrogens is 1840 g/mol. The fraction of sp³-hybridized carbons (Fsp3) is 0. The van der Waals surface area contributed by atoms with E-state index in [2.05, 4.69) is 335 Å². The lowest BCUT2D eigenvalue weighted by Gasteiger charge is -2.10.